The van der Waals surface area contributed by atoms with Gasteiger partial charge in [-0.3, -0.25) is 4.79 Å². The van der Waals surface area contributed by atoms with Gasteiger partial charge < -0.3 is 25.6 Å². The Bertz CT molecular complexity index is 487. The second kappa shape index (κ2) is 8.12. The molecule has 6 nitrogen and oxygen atoms in total. The van der Waals surface area contributed by atoms with Gasteiger partial charge in [0.1, 0.15) is 12.4 Å². The second-order valence-corrected chi connectivity index (χ2v) is 5.46. The molecule has 1 heterocycles. The van der Waals surface area contributed by atoms with Crippen LogP contribution in [0, 0.1) is 5.41 Å². The van der Waals surface area contributed by atoms with Crippen LogP contribution in [0.1, 0.15) is 18.4 Å². The van der Waals surface area contributed by atoms with Gasteiger partial charge in [-0.2, -0.15) is 0 Å². The van der Waals surface area contributed by atoms with Gasteiger partial charge in [0, 0.05) is 31.9 Å². The van der Waals surface area contributed by atoms with Crippen LogP contribution in [0.2, 0.25) is 0 Å². The number of hydrogen-bond acceptors (Lipinski definition) is 5. The molecule has 0 spiro atoms. The standard InChI is InChI=1S/C16H24N2O4/c17-12-16(5-8-21-9-6-16)15(20)18-11-13-3-1-2-4-14(13)22-10-7-19/h1-4,19H,5-12,17H2,(H,18,20). The van der Waals surface area contributed by atoms with E-state index in [1.54, 1.807) is 0 Å². The fourth-order valence-corrected chi connectivity index (χ4v) is 2.60. The maximum absolute atomic E-state index is 12.5. The summed E-state index contributed by atoms with van der Waals surface area (Å²) in [5.74, 6) is 0.640. The van der Waals surface area contributed by atoms with Crippen LogP contribution in [0.25, 0.3) is 0 Å². The Morgan fingerprint density at radius 3 is 2.77 bits per heavy atom. The van der Waals surface area contributed by atoms with E-state index in [9.17, 15) is 4.79 Å². The van der Waals surface area contributed by atoms with Crippen LogP contribution in [0.5, 0.6) is 5.75 Å². The van der Waals surface area contributed by atoms with Gasteiger partial charge in [-0.1, -0.05) is 18.2 Å². The molecule has 4 N–H and O–H groups in total. The van der Waals surface area contributed by atoms with Gasteiger partial charge in [-0.25, -0.2) is 0 Å². The fourth-order valence-electron chi connectivity index (χ4n) is 2.60. The minimum Gasteiger partial charge on any atom is -0.491 e. The monoisotopic (exact) mass is 308 g/mol. The number of hydrogen-bond donors (Lipinski definition) is 3. The van der Waals surface area contributed by atoms with E-state index in [0.717, 1.165) is 5.56 Å². The summed E-state index contributed by atoms with van der Waals surface area (Å²) >= 11 is 0. The van der Waals surface area contributed by atoms with Crippen LogP contribution in [0.4, 0.5) is 0 Å². The summed E-state index contributed by atoms with van der Waals surface area (Å²) in [6, 6.07) is 7.47. The SMILES string of the molecule is NCC1(C(=O)NCc2ccccc2OCCO)CCOCC1. The van der Waals surface area contributed by atoms with E-state index in [2.05, 4.69) is 5.32 Å². The third-order valence-electron chi connectivity index (χ3n) is 4.08. The van der Waals surface area contributed by atoms with Crippen molar-refractivity contribution in [3.63, 3.8) is 0 Å². The average molecular weight is 308 g/mol. The van der Waals surface area contributed by atoms with Crippen LogP contribution < -0.4 is 15.8 Å². The summed E-state index contributed by atoms with van der Waals surface area (Å²) in [7, 11) is 0. The van der Waals surface area contributed by atoms with Crippen molar-refractivity contribution >= 4 is 5.91 Å². The predicted octanol–water partition coefficient (Wildman–Crippen LogP) is 0.429. The van der Waals surface area contributed by atoms with Gasteiger partial charge in [0.2, 0.25) is 5.91 Å². The molecule has 2 rings (SSSR count). The highest BCUT2D eigenvalue weighted by Crippen LogP contribution is 2.29. The number of nitrogens with one attached hydrogen (secondary N) is 1. The van der Waals surface area contributed by atoms with Crippen molar-refractivity contribution in [3.8, 4) is 5.75 Å². The van der Waals surface area contributed by atoms with Crippen molar-refractivity contribution in [2.75, 3.05) is 33.0 Å². The summed E-state index contributed by atoms with van der Waals surface area (Å²) in [5.41, 5.74) is 6.18. The molecule has 0 atom stereocenters. The summed E-state index contributed by atoms with van der Waals surface area (Å²) in [6.07, 6.45) is 1.30. The number of para-hydroxylation sites is 1. The third-order valence-corrected chi connectivity index (χ3v) is 4.08. The first kappa shape index (κ1) is 16.7. The number of aliphatic hydroxyl groups excluding tert-OH is 1. The van der Waals surface area contributed by atoms with Crippen LogP contribution in [0.15, 0.2) is 24.3 Å². The van der Waals surface area contributed by atoms with E-state index >= 15 is 0 Å². The number of aliphatic hydroxyl groups is 1. The number of benzene rings is 1. The lowest BCUT2D eigenvalue weighted by Gasteiger charge is -2.34. The normalized spacial score (nSPS) is 17.0. The molecule has 1 fully saturated rings. The zero-order valence-electron chi connectivity index (χ0n) is 12.7. The molecular formula is C16H24N2O4. The van der Waals surface area contributed by atoms with E-state index in [4.69, 9.17) is 20.3 Å². The van der Waals surface area contributed by atoms with Crippen molar-refractivity contribution in [1.82, 2.24) is 5.32 Å². The van der Waals surface area contributed by atoms with Gasteiger partial charge in [0.05, 0.1) is 12.0 Å². The van der Waals surface area contributed by atoms with Gasteiger partial charge in [-0.05, 0) is 18.9 Å². The summed E-state index contributed by atoms with van der Waals surface area (Å²) in [4.78, 5) is 12.5. The Hall–Kier alpha value is -1.63. The first-order valence-electron chi connectivity index (χ1n) is 7.59. The average Bonchev–Trinajstić information content (AvgIpc) is 2.59. The highest BCUT2D eigenvalue weighted by Gasteiger charge is 2.38. The molecule has 0 unspecified atom stereocenters. The van der Waals surface area contributed by atoms with Crippen molar-refractivity contribution < 1.29 is 19.4 Å². The molecule has 0 bridgehead atoms. The van der Waals surface area contributed by atoms with Crippen LogP contribution in [-0.4, -0.2) is 44.0 Å². The summed E-state index contributed by atoms with van der Waals surface area (Å²) < 4.78 is 10.8. The Balaban J connectivity index is 1.98. The lowest BCUT2D eigenvalue weighted by Crippen LogP contribution is -2.49. The molecule has 1 saturated heterocycles. The molecule has 1 aromatic rings. The minimum absolute atomic E-state index is 0.0322. The topological polar surface area (TPSA) is 93.8 Å². The zero-order chi connectivity index (χ0) is 15.8. The third kappa shape index (κ3) is 3.97. The summed E-state index contributed by atoms with van der Waals surface area (Å²) in [5, 5.41) is 11.8. The molecule has 22 heavy (non-hydrogen) atoms. The maximum atomic E-state index is 12.5. The number of amides is 1. The van der Waals surface area contributed by atoms with Gasteiger partial charge >= 0.3 is 0 Å². The molecule has 0 radical (unpaired) electrons. The Labute approximate surface area is 130 Å². The van der Waals surface area contributed by atoms with Crippen LogP contribution in [-0.2, 0) is 16.1 Å². The molecule has 1 aromatic carbocycles. The molecule has 0 saturated carbocycles. The molecule has 1 aliphatic heterocycles. The maximum Gasteiger partial charge on any atom is 0.227 e. The van der Waals surface area contributed by atoms with Gasteiger partial charge in [0.15, 0.2) is 0 Å². The van der Waals surface area contributed by atoms with Crippen molar-refractivity contribution in [3.05, 3.63) is 29.8 Å². The molecule has 0 aromatic heterocycles. The van der Waals surface area contributed by atoms with Crippen molar-refractivity contribution in [1.29, 1.82) is 0 Å². The second-order valence-electron chi connectivity index (χ2n) is 5.46. The quantitative estimate of drug-likeness (QED) is 0.679. The van der Waals surface area contributed by atoms with E-state index in [1.807, 2.05) is 24.3 Å². The Morgan fingerprint density at radius 1 is 1.36 bits per heavy atom. The molecular weight excluding hydrogens is 284 g/mol. The lowest BCUT2D eigenvalue weighted by molar-refractivity contribution is -0.136. The van der Waals surface area contributed by atoms with E-state index in [-0.39, 0.29) is 19.1 Å². The number of ether oxygens (including phenoxy) is 2. The summed E-state index contributed by atoms with van der Waals surface area (Å²) in [6.45, 7) is 2.03. The predicted molar refractivity (Wildman–Crippen MR) is 82.4 cm³/mol. The first-order valence-corrected chi connectivity index (χ1v) is 7.59. The number of carbonyl (C=O) groups is 1. The first-order chi connectivity index (χ1) is 10.7. The van der Waals surface area contributed by atoms with E-state index in [1.165, 1.54) is 0 Å². The van der Waals surface area contributed by atoms with Gasteiger partial charge in [0.25, 0.3) is 0 Å². The van der Waals surface area contributed by atoms with Crippen LogP contribution in [0.3, 0.4) is 0 Å². The van der Waals surface area contributed by atoms with Crippen molar-refractivity contribution in [2.45, 2.75) is 19.4 Å². The van der Waals surface area contributed by atoms with E-state index in [0.29, 0.717) is 44.9 Å². The van der Waals surface area contributed by atoms with Crippen LogP contribution >= 0.6 is 0 Å². The van der Waals surface area contributed by atoms with Gasteiger partial charge in [-0.15, -0.1) is 0 Å². The molecule has 0 aliphatic carbocycles. The van der Waals surface area contributed by atoms with E-state index < -0.39 is 5.41 Å². The Morgan fingerprint density at radius 2 is 2.09 bits per heavy atom. The number of nitrogens with two attached hydrogens (primary N) is 1. The molecule has 1 amide bonds. The lowest BCUT2D eigenvalue weighted by atomic mass is 9.79. The highest BCUT2D eigenvalue weighted by molar-refractivity contribution is 5.83. The minimum atomic E-state index is -0.529. The largest absolute Gasteiger partial charge is 0.491 e. The molecule has 122 valence electrons. The smallest absolute Gasteiger partial charge is 0.227 e. The number of carbonyl (C=O) groups excluding carboxylic acids is 1. The Kier molecular flexibility index (Phi) is 6.18. The highest BCUT2D eigenvalue weighted by atomic mass is 16.5. The zero-order valence-corrected chi connectivity index (χ0v) is 12.7. The fraction of sp³-hybridized carbons (Fsp3) is 0.562. The molecule has 1 aliphatic rings. The van der Waals surface area contributed by atoms with Crippen molar-refractivity contribution in [2.24, 2.45) is 11.1 Å². The number of rotatable bonds is 7. The molecule has 6 heteroatoms.